The predicted octanol–water partition coefficient (Wildman–Crippen LogP) is 16.4. The predicted molar refractivity (Wildman–Crippen MR) is 275 cm³/mol. The van der Waals surface area contributed by atoms with Crippen molar-refractivity contribution in [3.63, 3.8) is 0 Å². The molecule has 370 valence electrons. The maximum atomic E-state index is 12.7. The third-order valence-electron chi connectivity index (χ3n) is 10.8. The van der Waals surface area contributed by atoms with Crippen LogP contribution in [0.4, 0.5) is 0 Å². The lowest BCUT2D eigenvalue weighted by molar-refractivity contribution is -0.154. The van der Waals surface area contributed by atoms with E-state index in [2.05, 4.69) is 98.9 Å². The van der Waals surface area contributed by atoms with Crippen LogP contribution in [0.3, 0.4) is 0 Å². The molecule has 0 aromatic heterocycles. The lowest BCUT2D eigenvalue weighted by Gasteiger charge is -2.20. The van der Waals surface area contributed by atoms with E-state index in [1.54, 1.807) is 0 Å². The van der Waals surface area contributed by atoms with Crippen molar-refractivity contribution in [3.05, 3.63) is 85.1 Å². The maximum Gasteiger partial charge on any atom is 0.472 e. The van der Waals surface area contributed by atoms with E-state index in [9.17, 15) is 14.3 Å². The van der Waals surface area contributed by atoms with Gasteiger partial charge in [0, 0.05) is 19.6 Å². The second-order valence-corrected chi connectivity index (χ2v) is 18.5. The van der Waals surface area contributed by atoms with Crippen molar-refractivity contribution in [1.82, 2.24) is 0 Å². The van der Waals surface area contributed by atoms with E-state index < -0.39 is 13.9 Å². The van der Waals surface area contributed by atoms with Gasteiger partial charge in [0.25, 0.3) is 0 Å². The standard InChI is InChI=1S/C55H98NO7P/c1-3-5-7-9-11-13-15-17-19-21-23-25-26-27-29-31-33-35-37-39-41-43-45-47-50-60-52-54(53-62-64(58,59)61-51-49-56)63-55(57)48-46-44-42-40-38-36-34-32-30-28-24-22-20-18-16-14-12-10-8-6-4-2/h5,7,11,13,17,19,23,25,27,29,33,35,39,41,54H,3-4,6,8-10,12,14-16,18,20-22,24,26,28,30-32,34,36-38,40,42-53,56H2,1-2H3,(H,58,59)/b7-5-,13-11-,19-17-,25-23-,29-27-,35-33-,41-39-. The number of phosphoric ester groups is 1. The molecule has 0 aliphatic heterocycles. The van der Waals surface area contributed by atoms with Gasteiger partial charge in [-0.1, -0.05) is 227 Å². The highest BCUT2D eigenvalue weighted by Gasteiger charge is 2.25. The van der Waals surface area contributed by atoms with Crippen LogP contribution in [0.1, 0.15) is 219 Å². The van der Waals surface area contributed by atoms with Gasteiger partial charge in [0.15, 0.2) is 0 Å². The van der Waals surface area contributed by atoms with Crippen molar-refractivity contribution in [2.45, 2.75) is 225 Å². The summed E-state index contributed by atoms with van der Waals surface area (Å²) in [7, 11) is -4.30. The average molecular weight is 916 g/mol. The summed E-state index contributed by atoms with van der Waals surface area (Å²) in [4.78, 5) is 22.6. The molecule has 0 rings (SSSR count). The second kappa shape index (κ2) is 51.7. The first-order valence-corrected chi connectivity index (χ1v) is 27.6. The van der Waals surface area contributed by atoms with Crippen molar-refractivity contribution in [2.75, 3.05) is 33.0 Å². The Morgan fingerprint density at radius 3 is 1.28 bits per heavy atom. The Labute approximate surface area is 394 Å². The molecule has 0 saturated carbocycles. The van der Waals surface area contributed by atoms with E-state index in [0.717, 1.165) is 83.5 Å². The highest BCUT2D eigenvalue weighted by molar-refractivity contribution is 7.47. The topological polar surface area (TPSA) is 117 Å². The first-order chi connectivity index (χ1) is 31.4. The van der Waals surface area contributed by atoms with Crippen LogP contribution in [0.2, 0.25) is 0 Å². The van der Waals surface area contributed by atoms with Gasteiger partial charge in [-0.05, 0) is 70.6 Å². The van der Waals surface area contributed by atoms with Gasteiger partial charge < -0.3 is 20.1 Å². The molecule has 0 amide bonds. The number of unbranched alkanes of at least 4 members (excludes halogenated alkanes) is 22. The third-order valence-corrected chi connectivity index (χ3v) is 11.8. The van der Waals surface area contributed by atoms with Crippen molar-refractivity contribution in [2.24, 2.45) is 5.73 Å². The number of allylic oxidation sites excluding steroid dienone is 14. The van der Waals surface area contributed by atoms with Gasteiger partial charge in [-0.2, -0.15) is 0 Å². The minimum atomic E-state index is -4.30. The molecule has 2 atom stereocenters. The molecule has 0 saturated heterocycles. The fourth-order valence-electron chi connectivity index (χ4n) is 7.04. The van der Waals surface area contributed by atoms with E-state index in [1.807, 2.05) is 0 Å². The molecular formula is C55H98NO7P. The molecule has 0 heterocycles. The summed E-state index contributed by atoms with van der Waals surface area (Å²) in [6.07, 6.45) is 67.7. The summed E-state index contributed by atoms with van der Waals surface area (Å²) in [5.74, 6) is -0.345. The number of esters is 1. The quantitative estimate of drug-likeness (QED) is 0.0268. The van der Waals surface area contributed by atoms with Crippen molar-refractivity contribution < 1.29 is 32.8 Å². The van der Waals surface area contributed by atoms with Gasteiger partial charge in [-0.15, -0.1) is 0 Å². The molecule has 0 radical (unpaired) electrons. The number of carbonyl (C=O) groups is 1. The first kappa shape index (κ1) is 61.7. The number of rotatable bonds is 49. The summed E-state index contributed by atoms with van der Waals surface area (Å²) in [5.41, 5.74) is 5.39. The van der Waals surface area contributed by atoms with Crippen molar-refractivity contribution in [3.8, 4) is 0 Å². The molecular weight excluding hydrogens is 818 g/mol. The molecule has 0 aromatic rings. The monoisotopic (exact) mass is 916 g/mol. The Balaban J connectivity index is 4.04. The number of nitrogens with two attached hydrogens (primary N) is 1. The normalized spacial score (nSPS) is 14.0. The van der Waals surface area contributed by atoms with E-state index in [4.69, 9.17) is 24.3 Å². The highest BCUT2D eigenvalue weighted by Crippen LogP contribution is 2.43. The molecule has 2 unspecified atom stereocenters. The van der Waals surface area contributed by atoms with Crippen LogP contribution in [0.5, 0.6) is 0 Å². The van der Waals surface area contributed by atoms with Gasteiger partial charge in [-0.3, -0.25) is 13.8 Å². The van der Waals surface area contributed by atoms with Crippen LogP contribution >= 0.6 is 7.82 Å². The fraction of sp³-hybridized carbons (Fsp3) is 0.727. The van der Waals surface area contributed by atoms with Gasteiger partial charge in [0.2, 0.25) is 0 Å². The lowest BCUT2D eigenvalue weighted by atomic mass is 10.0. The van der Waals surface area contributed by atoms with Crippen LogP contribution in [-0.2, 0) is 27.9 Å². The van der Waals surface area contributed by atoms with Crippen molar-refractivity contribution >= 4 is 13.8 Å². The minimum Gasteiger partial charge on any atom is -0.457 e. The summed E-state index contributed by atoms with van der Waals surface area (Å²) in [5, 5.41) is 0. The number of phosphoric acid groups is 1. The van der Waals surface area contributed by atoms with Crippen LogP contribution in [0.15, 0.2) is 85.1 Å². The Bertz CT molecular complexity index is 1260. The third kappa shape index (κ3) is 50.7. The van der Waals surface area contributed by atoms with E-state index in [1.165, 1.54) is 116 Å². The van der Waals surface area contributed by atoms with E-state index >= 15 is 0 Å². The van der Waals surface area contributed by atoms with Crippen LogP contribution in [0, 0.1) is 0 Å². The van der Waals surface area contributed by atoms with Crippen LogP contribution in [-0.4, -0.2) is 49.9 Å². The summed E-state index contributed by atoms with van der Waals surface area (Å²) >= 11 is 0. The molecule has 0 spiro atoms. The molecule has 0 aliphatic carbocycles. The molecule has 0 fully saturated rings. The van der Waals surface area contributed by atoms with Gasteiger partial charge in [-0.25, -0.2) is 4.57 Å². The summed E-state index contributed by atoms with van der Waals surface area (Å²) in [6, 6.07) is 0. The molecule has 8 nitrogen and oxygen atoms in total. The Morgan fingerprint density at radius 1 is 0.484 bits per heavy atom. The van der Waals surface area contributed by atoms with E-state index in [-0.39, 0.29) is 32.3 Å². The fourth-order valence-corrected chi connectivity index (χ4v) is 7.80. The zero-order chi connectivity index (χ0) is 46.5. The molecule has 64 heavy (non-hydrogen) atoms. The van der Waals surface area contributed by atoms with Crippen molar-refractivity contribution in [1.29, 1.82) is 0 Å². The summed E-state index contributed by atoms with van der Waals surface area (Å²) in [6.45, 7) is 4.71. The number of carbonyl (C=O) groups excluding carboxylic acids is 1. The molecule has 3 N–H and O–H groups in total. The molecule has 9 heteroatoms. The highest BCUT2D eigenvalue weighted by atomic mass is 31.2. The number of hydrogen-bond acceptors (Lipinski definition) is 7. The first-order valence-electron chi connectivity index (χ1n) is 26.1. The zero-order valence-electron chi connectivity index (χ0n) is 41.2. The molecule has 0 aliphatic rings. The SMILES string of the molecule is CC/C=C\C/C=C\C/C=C\C/C=C\C/C=C\C/C=C\C/C=C\CCCCOCC(COP(=O)(O)OCCN)OC(=O)CCCCCCCCCCCCCCCCCCCCCCC. The van der Waals surface area contributed by atoms with Gasteiger partial charge in [0.05, 0.1) is 19.8 Å². The van der Waals surface area contributed by atoms with Gasteiger partial charge >= 0.3 is 13.8 Å². The average Bonchev–Trinajstić information content (AvgIpc) is 3.29. The smallest absolute Gasteiger partial charge is 0.457 e. The zero-order valence-corrected chi connectivity index (χ0v) is 42.1. The second-order valence-electron chi connectivity index (χ2n) is 17.0. The molecule has 0 bridgehead atoms. The van der Waals surface area contributed by atoms with Gasteiger partial charge in [0.1, 0.15) is 6.10 Å². The minimum absolute atomic E-state index is 0.0838. The number of ether oxygens (including phenoxy) is 2. The molecule has 0 aromatic carbocycles. The van der Waals surface area contributed by atoms with Crippen LogP contribution in [0.25, 0.3) is 0 Å². The Hall–Kier alpha value is -2.32. The van der Waals surface area contributed by atoms with E-state index in [0.29, 0.717) is 13.0 Å². The maximum absolute atomic E-state index is 12.7. The largest absolute Gasteiger partial charge is 0.472 e. The lowest BCUT2D eigenvalue weighted by Crippen LogP contribution is -2.28. The Kier molecular flexibility index (Phi) is 49.8. The van der Waals surface area contributed by atoms with Crippen LogP contribution < -0.4 is 5.73 Å². The Morgan fingerprint density at radius 2 is 0.875 bits per heavy atom. The number of hydrogen-bond donors (Lipinski definition) is 2. The summed E-state index contributed by atoms with van der Waals surface area (Å²) < 4.78 is 33.5.